The summed E-state index contributed by atoms with van der Waals surface area (Å²) in [5, 5.41) is 7.14. The Morgan fingerprint density at radius 2 is 1.61 bits per heavy atom. The molecule has 0 aliphatic carbocycles. The second kappa shape index (κ2) is 10.3. The average Bonchev–Trinajstić information content (AvgIpc) is 3.32. The van der Waals surface area contributed by atoms with E-state index < -0.39 is 18.5 Å². The molecule has 0 unspecified atom stereocenters. The Hall–Kier alpha value is -3.85. The van der Waals surface area contributed by atoms with E-state index in [1.807, 2.05) is 0 Å². The molecule has 0 aliphatic rings. The molecular formula is C22H20N2O6S. The van der Waals surface area contributed by atoms with Gasteiger partial charge in [0.25, 0.3) is 11.8 Å². The molecule has 3 aromatic rings. The lowest BCUT2D eigenvalue weighted by Crippen LogP contribution is -2.21. The number of ether oxygens (including phenoxy) is 3. The first kappa shape index (κ1) is 21.8. The van der Waals surface area contributed by atoms with Gasteiger partial charge in [-0.3, -0.25) is 9.59 Å². The van der Waals surface area contributed by atoms with Gasteiger partial charge in [0.05, 0.1) is 24.7 Å². The van der Waals surface area contributed by atoms with E-state index in [1.54, 1.807) is 47.8 Å². The molecule has 1 aromatic heterocycles. The zero-order chi connectivity index (χ0) is 22.2. The molecule has 0 spiro atoms. The number of rotatable bonds is 8. The highest BCUT2D eigenvalue weighted by atomic mass is 32.1. The molecule has 9 heteroatoms. The number of hydrogen-bond donors (Lipinski definition) is 2. The van der Waals surface area contributed by atoms with Gasteiger partial charge in [0.2, 0.25) is 0 Å². The van der Waals surface area contributed by atoms with Crippen LogP contribution in [0.4, 0.5) is 11.4 Å². The van der Waals surface area contributed by atoms with Gasteiger partial charge >= 0.3 is 5.97 Å². The van der Waals surface area contributed by atoms with Crippen molar-refractivity contribution < 1.29 is 28.6 Å². The van der Waals surface area contributed by atoms with E-state index in [4.69, 9.17) is 14.2 Å². The van der Waals surface area contributed by atoms with Crippen LogP contribution in [0.1, 0.15) is 20.0 Å². The molecule has 0 aliphatic heterocycles. The third-order valence-corrected chi connectivity index (χ3v) is 4.94. The van der Waals surface area contributed by atoms with Gasteiger partial charge in [0.15, 0.2) is 6.61 Å². The van der Waals surface area contributed by atoms with Crippen molar-refractivity contribution in [2.45, 2.75) is 0 Å². The van der Waals surface area contributed by atoms with Crippen LogP contribution in [0.25, 0.3) is 0 Å². The van der Waals surface area contributed by atoms with Crippen LogP contribution in [0.15, 0.2) is 60.0 Å². The first-order chi connectivity index (χ1) is 15.0. The van der Waals surface area contributed by atoms with Crippen LogP contribution < -0.4 is 20.1 Å². The molecule has 2 N–H and O–H groups in total. The molecule has 3 rings (SSSR count). The van der Waals surface area contributed by atoms with E-state index in [-0.39, 0.29) is 11.5 Å². The zero-order valence-corrected chi connectivity index (χ0v) is 17.7. The summed E-state index contributed by atoms with van der Waals surface area (Å²) >= 11 is 1.31. The lowest BCUT2D eigenvalue weighted by Gasteiger charge is -2.10. The van der Waals surface area contributed by atoms with E-state index >= 15 is 0 Å². The molecule has 2 aromatic carbocycles. The number of thiophene rings is 1. The van der Waals surface area contributed by atoms with E-state index in [0.717, 1.165) is 0 Å². The van der Waals surface area contributed by atoms with Gasteiger partial charge in [0.1, 0.15) is 11.5 Å². The Kier molecular flexibility index (Phi) is 7.23. The van der Waals surface area contributed by atoms with Crippen LogP contribution in [-0.2, 0) is 9.53 Å². The lowest BCUT2D eigenvalue weighted by molar-refractivity contribution is -0.119. The number of anilines is 2. The van der Waals surface area contributed by atoms with Gasteiger partial charge in [-0.15, -0.1) is 11.3 Å². The van der Waals surface area contributed by atoms with Crippen LogP contribution in [0.3, 0.4) is 0 Å². The quantitative estimate of drug-likeness (QED) is 0.517. The monoisotopic (exact) mass is 440 g/mol. The standard InChI is InChI=1S/C22H20N2O6S/c1-28-17-10-16(11-18(12-17)29-2)23-20(25)13-30-22(27)14-5-3-6-15(9-14)24-21(26)19-7-4-8-31-19/h3-12H,13H2,1-2H3,(H,23,25)(H,24,26). The normalized spacial score (nSPS) is 10.1. The van der Waals surface area contributed by atoms with E-state index in [2.05, 4.69) is 10.6 Å². The molecule has 0 atom stereocenters. The van der Waals surface area contributed by atoms with Crippen molar-refractivity contribution in [2.24, 2.45) is 0 Å². The maximum atomic E-state index is 12.3. The molecule has 1 heterocycles. The van der Waals surface area contributed by atoms with Crippen molar-refractivity contribution in [2.75, 3.05) is 31.5 Å². The van der Waals surface area contributed by atoms with Crippen LogP contribution >= 0.6 is 11.3 Å². The van der Waals surface area contributed by atoms with Crippen molar-refractivity contribution in [1.29, 1.82) is 0 Å². The summed E-state index contributed by atoms with van der Waals surface area (Å²) in [6.45, 7) is -0.482. The number of benzene rings is 2. The van der Waals surface area contributed by atoms with Gasteiger partial charge in [-0.05, 0) is 29.6 Å². The predicted octanol–water partition coefficient (Wildman–Crippen LogP) is 3.81. The summed E-state index contributed by atoms with van der Waals surface area (Å²) < 4.78 is 15.4. The molecular weight excluding hydrogens is 420 g/mol. The molecule has 0 saturated heterocycles. The number of carbonyl (C=O) groups is 3. The number of nitrogens with one attached hydrogen (secondary N) is 2. The SMILES string of the molecule is COc1cc(NC(=O)COC(=O)c2cccc(NC(=O)c3cccs3)c2)cc(OC)c1. The maximum absolute atomic E-state index is 12.3. The summed E-state index contributed by atoms with van der Waals surface area (Å²) in [4.78, 5) is 37.2. The van der Waals surface area contributed by atoms with Crippen LogP contribution in [0.2, 0.25) is 0 Å². The summed E-state index contributed by atoms with van der Waals surface area (Å²) in [5.74, 6) is -0.467. The second-order valence-electron chi connectivity index (χ2n) is 6.24. The number of methoxy groups -OCH3 is 2. The van der Waals surface area contributed by atoms with Gasteiger partial charge in [-0.2, -0.15) is 0 Å². The summed E-state index contributed by atoms with van der Waals surface area (Å²) in [5.41, 5.74) is 1.09. The summed E-state index contributed by atoms with van der Waals surface area (Å²) in [7, 11) is 3.00. The summed E-state index contributed by atoms with van der Waals surface area (Å²) in [6, 6.07) is 14.7. The van der Waals surface area contributed by atoms with Gasteiger partial charge < -0.3 is 24.8 Å². The second-order valence-corrected chi connectivity index (χ2v) is 7.19. The molecule has 2 amide bonds. The molecule has 31 heavy (non-hydrogen) atoms. The Bertz CT molecular complexity index is 1060. The number of carbonyl (C=O) groups excluding carboxylic acids is 3. The highest BCUT2D eigenvalue weighted by Crippen LogP contribution is 2.25. The molecule has 0 bridgehead atoms. The number of esters is 1. The number of amides is 2. The molecule has 8 nitrogen and oxygen atoms in total. The molecule has 0 radical (unpaired) electrons. The van der Waals surface area contributed by atoms with Gasteiger partial charge in [0, 0.05) is 29.6 Å². The summed E-state index contributed by atoms with van der Waals surface area (Å²) in [6.07, 6.45) is 0. The first-order valence-electron chi connectivity index (χ1n) is 9.13. The fourth-order valence-corrected chi connectivity index (χ4v) is 3.23. The third kappa shape index (κ3) is 6.06. The minimum Gasteiger partial charge on any atom is -0.497 e. The lowest BCUT2D eigenvalue weighted by atomic mass is 10.2. The third-order valence-electron chi connectivity index (χ3n) is 4.07. The Balaban J connectivity index is 1.57. The zero-order valence-electron chi connectivity index (χ0n) is 16.8. The Morgan fingerprint density at radius 1 is 0.871 bits per heavy atom. The topological polar surface area (TPSA) is 103 Å². The van der Waals surface area contributed by atoms with Crippen LogP contribution in [0, 0.1) is 0 Å². The van der Waals surface area contributed by atoms with Crippen LogP contribution in [0.5, 0.6) is 11.5 Å². The molecule has 0 fully saturated rings. The minimum absolute atomic E-state index is 0.208. The molecule has 160 valence electrons. The van der Waals surface area contributed by atoms with Crippen molar-refractivity contribution in [3.05, 3.63) is 70.4 Å². The average molecular weight is 440 g/mol. The minimum atomic E-state index is -0.689. The van der Waals surface area contributed by atoms with Crippen molar-refractivity contribution >= 4 is 40.5 Å². The largest absolute Gasteiger partial charge is 0.497 e. The van der Waals surface area contributed by atoms with Gasteiger partial charge in [-0.25, -0.2) is 4.79 Å². The van der Waals surface area contributed by atoms with Crippen molar-refractivity contribution in [3.63, 3.8) is 0 Å². The van der Waals surface area contributed by atoms with Crippen LogP contribution in [-0.4, -0.2) is 38.6 Å². The Labute approximate surface area is 182 Å². The Morgan fingerprint density at radius 3 is 2.26 bits per heavy atom. The van der Waals surface area contributed by atoms with Crippen molar-refractivity contribution in [3.8, 4) is 11.5 Å². The van der Waals surface area contributed by atoms with E-state index in [1.165, 1.54) is 37.7 Å². The van der Waals surface area contributed by atoms with Gasteiger partial charge in [-0.1, -0.05) is 12.1 Å². The maximum Gasteiger partial charge on any atom is 0.338 e. The highest BCUT2D eigenvalue weighted by molar-refractivity contribution is 7.12. The predicted molar refractivity (Wildman–Crippen MR) is 117 cm³/mol. The number of hydrogen-bond acceptors (Lipinski definition) is 7. The highest BCUT2D eigenvalue weighted by Gasteiger charge is 2.13. The van der Waals surface area contributed by atoms with E-state index in [9.17, 15) is 14.4 Å². The fourth-order valence-electron chi connectivity index (χ4n) is 2.62. The smallest absolute Gasteiger partial charge is 0.338 e. The van der Waals surface area contributed by atoms with E-state index in [0.29, 0.717) is 27.8 Å². The van der Waals surface area contributed by atoms with Crippen molar-refractivity contribution in [1.82, 2.24) is 0 Å². The fraction of sp³-hybridized carbons (Fsp3) is 0.136. The first-order valence-corrected chi connectivity index (χ1v) is 10.0. The molecule has 0 saturated carbocycles.